The average molecular weight is 393 g/mol. The number of rotatable bonds is 3. The van der Waals surface area contributed by atoms with Gasteiger partial charge in [-0.05, 0) is 28.1 Å². The van der Waals surface area contributed by atoms with E-state index < -0.39 is 5.97 Å². The molecule has 1 atom stereocenters. The highest BCUT2D eigenvalue weighted by Crippen LogP contribution is 2.35. The Morgan fingerprint density at radius 2 is 2.14 bits per heavy atom. The van der Waals surface area contributed by atoms with E-state index in [1.165, 1.54) is 24.0 Å². The first kappa shape index (κ1) is 16.3. The van der Waals surface area contributed by atoms with Gasteiger partial charge in [-0.15, -0.1) is 0 Å². The minimum Gasteiger partial charge on any atom is -0.478 e. The highest BCUT2D eigenvalue weighted by atomic mass is 79.9. The zero-order chi connectivity index (χ0) is 15.7. The van der Waals surface area contributed by atoms with Gasteiger partial charge in [0.05, 0.1) is 16.3 Å². The van der Waals surface area contributed by atoms with Crippen molar-refractivity contribution in [3.63, 3.8) is 0 Å². The molecule has 0 aliphatic carbocycles. The summed E-state index contributed by atoms with van der Waals surface area (Å²) in [6, 6.07) is 2.83. The van der Waals surface area contributed by atoms with Gasteiger partial charge in [0.2, 0.25) is 5.91 Å². The molecule has 2 rings (SSSR count). The second kappa shape index (κ2) is 6.37. The zero-order valence-electron chi connectivity index (χ0n) is 10.9. The summed E-state index contributed by atoms with van der Waals surface area (Å²) in [6.07, 6.45) is 0.205. The van der Waals surface area contributed by atoms with Crippen LogP contribution in [0.1, 0.15) is 23.7 Å². The summed E-state index contributed by atoms with van der Waals surface area (Å²) >= 11 is 10.3. The van der Waals surface area contributed by atoms with Crippen molar-refractivity contribution >= 4 is 62.0 Å². The van der Waals surface area contributed by atoms with Gasteiger partial charge >= 0.3 is 5.97 Å². The SMILES string of the molecule is CC(=O)SC1CC(=O)N(c2cc(Cl)c(Br)cc2C(=O)O)C1. The number of hydrogen-bond acceptors (Lipinski definition) is 4. The van der Waals surface area contributed by atoms with E-state index in [9.17, 15) is 19.5 Å². The fourth-order valence-corrected chi connectivity index (χ4v) is 3.57. The standard InChI is InChI=1S/C13H11BrClNO4S/c1-6(17)21-7-2-12(18)16(5-7)11-4-10(15)9(14)3-8(11)13(19)20/h3-4,7H,2,5H2,1H3,(H,19,20). The predicted octanol–water partition coefficient (Wildman–Crippen LogP) is 3.19. The van der Waals surface area contributed by atoms with Crippen LogP contribution < -0.4 is 4.90 Å². The molecule has 21 heavy (non-hydrogen) atoms. The second-order valence-electron chi connectivity index (χ2n) is 4.53. The van der Waals surface area contributed by atoms with Gasteiger partial charge in [0.1, 0.15) is 0 Å². The number of aromatic carboxylic acids is 1. The molecule has 1 aliphatic rings. The van der Waals surface area contributed by atoms with Crippen molar-refractivity contribution in [3.8, 4) is 0 Å². The summed E-state index contributed by atoms with van der Waals surface area (Å²) in [7, 11) is 0. The molecule has 0 bridgehead atoms. The summed E-state index contributed by atoms with van der Waals surface area (Å²) in [6.45, 7) is 1.73. The number of carboxylic acids is 1. The molecule has 1 fully saturated rings. The van der Waals surface area contributed by atoms with Gasteiger partial charge in [0, 0.05) is 29.6 Å². The Morgan fingerprint density at radius 1 is 1.48 bits per heavy atom. The first-order chi connectivity index (χ1) is 9.79. The Morgan fingerprint density at radius 3 is 2.71 bits per heavy atom. The molecule has 1 unspecified atom stereocenters. The number of anilines is 1. The minimum absolute atomic E-state index is 0.00639. The maximum Gasteiger partial charge on any atom is 0.337 e. The molecule has 1 saturated heterocycles. The van der Waals surface area contributed by atoms with Crippen molar-refractivity contribution in [1.82, 2.24) is 0 Å². The van der Waals surface area contributed by atoms with Crippen LogP contribution in [0.15, 0.2) is 16.6 Å². The molecule has 1 amide bonds. The number of benzene rings is 1. The van der Waals surface area contributed by atoms with E-state index in [1.807, 2.05) is 0 Å². The van der Waals surface area contributed by atoms with Gasteiger partial charge in [-0.2, -0.15) is 0 Å². The number of thioether (sulfide) groups is 1. The predicted molar refractivity (Wildman–Crippen MR) is 85.1 cm³/mol. The van der Waals surface area contributed by atoms with Gasteiger partial charge in [0.15, 0.2) is 5.12 Å². The number of carboxylic acid groups (broad SMARTS) is 1. The van der Waals surface area contributed by atoms with Crippen LogP contribution in [0.3, 0.4) is 0 Å². The number of nitrogens with zero attached hydrogens (tertiary/aromatic N) is 1. The quantitative estimate of drug-likeness (QED) is 0.855. The third-order valence-corrected chi connectivity index (χ3v) is 5.16. The van der Waals surface area contributed by atoms with Gasteiger partial charge in [-0.3, -0.25) is 9.59 Å². The number of amides is 1. The number of carbonyl (C=O) groups is 3. The van der Waals surface area contributed by atoms with Crippen molar-refractivity contribution < 1.29 is 19.5 Å². The van der Waals surface area contributed by atoms with Crippen molar-refractivity contribution in [2.45, 2.75) is 18.6 Å². The molecule has 5 nitrogen and oxygen atoms in total. The van der Waals surface area contributed by atoms with Crippen LogP contribution in [0.2, 0.25) is 5.02 Å². The summed E-state index contributed by atoms with van der Waals surface area (Å²) in [5, 5.41) is 9.37. The first-order valence-electron chi connectivity index (χ1n) is 5.99. The van der Waals surface area contributed by atoms with Gasteiger partial charge < -0.3 is 10.0 Å². The van der Waals surface area contributed by atoms with Crippen LogP contribution in [0.5, 0.6) is 0 Å². The molecule has 0 saturated carbocycles. The van der Waals surface area contributed by atoms with Gasteiger partial charge in [-0.25, -0.2) is 4.79 Å². The summed E-state index contributed by atoms with van der Waals surface area (Å²) in [4.78, 5) is 36.0. The maximum atomic E-state index is 12.1. The molecule has 0 spiro atoms. The van der Waals surface area contributed by atoms with Crippen LogP contribution in [0.4, 0.5) is 5.69 Å². The number of hydrogen-bond donors (Lipinski definition) is 1. The highest BCUT2D eigenvalue weighted by molar-refractivity contribution is 9.10. The first-order valence-corrected chi connectivity index (χ1v) is 8.04. The van der Waals surface area contributed by atoms with E-state index >= 15 is 0 Å². The number of halogens is 2. The lowest BCUT2D eigenvalue weighted by molar-refractivity contribution is -0.117. The van der Waals surface area contributed by atoms with E-state index in [1.54, 1.807) is 0 Å². The summed E-state index contributed by atoms with van der Waals surface area (Å²) in [5.74, 6) is -1.35. The Balaban J connectivity index is 2.37. The Bertz CT molecular complexity index is 637. The monoisotopic (exact) mass is 391 g/mol. The van der Waals surface area contributed by atoms with Crippen LogP contribution >= 0.6 is 39.3 Å². The third-order valence-electron chi connectivity index (χ3n) is 2.98. The van der Waals surface area contributed by atoms with E-state index in [2.05, 4.69) is 15.9 Å². The summed E-state index contributed by atoms with van der Waals surface area (Å²) < 4.78 is 0.451. The van der Waals surface area contributed by atoms with E-state index in [-0.39, 0.29) is 33.9 Å². The third kappa shape index (κ3) is 3.59. The average Bonchev–Trinajstić information content (AvgIpc) is 2.71. The Hall–Kier alpha value is -1.05. The van der Waals surface area contributed by atoms with Crippen LogP contribution in [0, 0.1) is 0 Å². The van der Waals surface area contributed by atoms with Crippen LogP contribution in [-0.4, -0.2) is 33.9 Å². The lowest BCUT2D eigenvalue weighted by atomic mass is 10.1. The van der Waals surface area contributed by atoms with E-state index in [4.69, 9.17) is 11.6 Å². The molecule has 8 heteroatoms. The number of carbonyl (C=O) groups excluding carboxylic acids is 2. The van der Waals surface area contributed by atoms with Crippen molar-refractivity contribution in [2.24, 2.45) is 0 Å². The van der Waals surface area contributed by atoms with E-state index in [0.29, 0.717) is 16.0 Å². The molecule has 0 aromatic heterocycles. The van der Waals surface area contributed by atoms with E-state index in [0.717, 1.165) is 11.8 Å². The Labute approximate surface area is 138 Å². The zero-order valence-corrected chi connectivity index (χ0v) is 14.1. The highest BCUT2D eigenvalue weighted by Gasteiger charge is 2.34. The van der Waals surface area contributed by atoms with Gasteiger partial charge in [0.25, 0.3) is 0 Å². The lowest BCUT2D eigenvalue weighted by Gasteiger charge is -2.19. The molecular formula is C13H11BrClNO4S. The molecule has 1 aliphatic heterocycles. The molecule has 0 radical (unpaired) electrons. The summed E-state index contributed by atoms with van der Waals surface area (Å²) in [5.41, 5.74) is 0.250. The molecule has 1 N–H and O–H groups in total. The fourth-order valence-electron chi connectivity index (χ4n) is 2.15. The molecule has 1 aromatic rings. The largest absolute Gasteiger partial charge is 0.478 e. The topological polar surface area (TPSA) is 74.7 Å². The molecule has 1 heterocycles. The van der Waals surface area contributed by atoms with Crippen molar-refractivity contribution in [1.29, 1.82) is 0 Å². The van der Waals surface area contributed by atoms with Gasteiger partial charge in [-0.1, -0.05) is 23.4 Å². The van der Waals surface area contributed by atoms with Crippen LogP contribution in [-0.2, 0) is 9.59 Å². The van der Waals surface area contributed by atoms with Crippen molar-refractivity contribution in [3.05, 3.63) is 27.2 Å². The maximum absolute atomic E-state index is 12.1. The minimum atomic E-state index is -1.14. The van der Waals surface area contributed by atoms with Crippen LogP contribution in [0.25, 0.3) is 0 Å². The smallest absolute Gasteiger partial charge is 0.337 e. The molecule has 112 valence electrons. The second-order valence-corrected chi connectivity index (χ2v) is 7.27. The lowest BCUT2D eigenvalue weighted by Crippen LogP contribution is -2.27. The molecule has 1 aromatic carbocycles. The Kier molecular flexibility index (Phi) is 4.95. The normalized spacial score (nSPS) is 18.1. The fraction of sp³-hybridized carbons (Fsp3) is 0.308. The van der Waals surface area contributed by atoms with Crippen molar-refractivity contribution in [2.75, 3.05) is 11.4 Å². The molecular weight excluding hydrogens is 382 g/mol.